The first kappa shape index (κ1) is 11.7. The molecule has 1 atom stereocenters. The summed E-state index contributed by atoms with van der Waals surface area (Å²) in [5.41, 5.74) is 1.24. The van der Waals surface area contributed by atoms with Gasteiger partial charge in [0, 0.05) is 0 Å². The molecule has 1 rings (SSSR count). The van der Waals surface area contributed by atoms with Crippen LogP contribution in [0.5, 0.6) is 0 Å². The number of esters is 1. The Morgan fingerprint density at radius 2 is 2.27 bits per heavy atom. The van der Waals surface area contributed by atoms with Crippen LogP contribution in [0.4, 0.5) is 0 Å². The number of carbonyl (C=O) groups excluding carboxylic acids is 1. The Kier molecular flexibility index (Phi) is 4.31. The van der Waals surface area contributed by atoms with Gasteiger partial charge in [0.1, 0.15) is 0 Å². The van der Waals surface area contributed by atoms with E-state index in [1.165, 1.54) is 7.11 Å². The minimum atomic E-state index is -0.500. The summed E-state index contributed by atoms with van der Waals surface area (Å²) in [7, 11) is 1.34. The van der Waals surface area contributed by atoms with Gasteiger partial charge in [0.2, 0.25) is 0 Å². The molecule has 0 radical (unpaired) electrons. The van der Waals surface area contributed by atoms with Crippen molar-refractivity contribution in [3.05, 3.63) is 35.4 Å². The second-order valence-electron chi connectivity index (χ2n) is 3.42. The predicted octanol–water partition coefficient (Wildman–Crippen LogP) is 2.31. The van der Waals surface area contributed by atoms with Crippen LogP contribution in [0.1, 0.15) is 41.8 Å². The first-order valence-electron chi connectivity index (χ1n) is 5.05. The topological polar surface area (TPSA) is 46.5 Å². The molecular formula is C12H16O3. The molecule has 3 heteroatoms. The van der Waals surface area contributed by atoms with E-state index in [1.54, 1.807) is 18.2 Å². The maximum absolute atomic E-state index is 11.2. The van der Waals surface area contributed by atoms with Crippen molar-refractivity contribution < 1.29 is 14.6 Å². The number of hydrogen-bond acceptors (Lipinski definition) is 3. The quantitative estimate of drug-likeness (QED) is 0.772. The van der Waals surface area contributed by atoms with E-state index in [0.29, 0.717) is 12.0 Å². The summed E-state index contributed by atoms with van der Waals surface area (Å²) in [5, 5.41) is 9.75. The molecule has 0 saturated carbocycles. The van der Waals surface area contributed by atoms with Crippen LogP contribution in [0.2, 0.25) is 0 Å². The van der Waals surface area contributed by atoms with Crippen LogP contribution in [0.15, 0.2) is 24.3 Å². The highest BCUT2D eigenvalue weighted by Crippen LogP contribution is 2.19. The molecule has 0 amide bonds. The molecule has 0 aliphatic rings. The molecule has 1 aromatic carbocycles. The lowest BCUT2D eigenvalue weighted by Crippen LogP contribution is -2.03. The highest BCUT2D eigenvalue weighted by molar-refractivity contribution is 5.89. The van der Waals surface area contributed by atoms with E-state index >= 15 is 0 Å². The molecule has 1 unspecified atom stereocenters. The molecule has 1 aromatic rings. The maximum atomic E-state index is 11.2. The second kappa shape index (κ2) is 5.51. The predicted molar refractivity (Wildman–Crippen MR) is 57.6 cm³/mol. The van der Waals surface area contributed by atoms with Crippen molar-refractivity contribution in [2.75, 3.05) is 7.11 Å². The Hall–Kier alpha value is -1.35. The molecule has 82 valence electrons. The highest BCUT2D eigenvalue weighted by Gasteiger charge is 2.10. The fourth-order valence-electron chi connectivity index (χ4n) is 1.43. The number of rotatable bonds is 4. The van der Waals surface area contributed by atoms with Gasteiger partial charge in [-0.1, -0.05) is 25.5 Å². The van der Waals surface area contributed by atoms with Crippen molar-refractivity contribution >= 4 is 5.97 Å². The summed E-state index contributed by atoms with van der Waals surface area (Å²) < 4.78 is 4.61. The van der Waals surface area contributed by atoms with Crippen molar-refractivity contribution in [1.82, 2.24) is 0 Å². The molecule has 0 aliphatic heterocycles. The number of aliphatic hydroxyl groups excluding tert-OH is 1. The Morgan fingerprint density at radius 1 is 1.53 bits per heavy atom. The SMILES string of the molecule is CCCC(O)c1cccc(C(=O)OC)c1. The van der Waals surface area contributed by atoms with Gasteiger partial charge in [0.25, 0.3) is 0 Å². The molecule has 0 aliphatic carbocycles. The van der Waals surface area contributed by atoms with Gasteiger partial charge in [0.15, 0.2) is 0 Å². The van der Waals surface area contributed by atoms with Crippen LogP contribution in [0.25, 0.3) is 0 Å². The van der Waals surface area contributed by atoms with Gasteiger partial charge in [-0.3, -0.25) is 0 Å². The number of carbonyl (C=O) groups is 1. The lowest BCUT2D eigenvalue weighted by Gasteiger charge is -2.10. The van der Waals surface area contributed by atoms with Gasteiger partial charge in [-0.15, -0.1) is 0 Å². The van der Waals surface area contributed by atoms with E-state index in [-0.39, 0.29) is 5.97 Å². The minimum Gasteiger partial charge on any atom is -0.465 e. The Balaban J connectivity index is 2.87. The van der Waals surface area contributed by atoms with E-state index in [1.807, 2.05) is 13.0 Å². The van der Waals surface area contributed by atoms with E-state index in [9.17, 15) is 9.90 Å². The van der Waals surface area contributed by atoms with Crippen molar-refractivity contribution in [2.24, 2.45) is 0 Å². The Morgan fingerprint density at radius 3 is 2.87 bits per heavy atom. The maximum Gasteiger partial charge on any atom is 0.337 e. The first-order valence-corrected chi connectivity index (χ1v) is 5.05. The average Bonchev–Trinajstić information content (AvgIpc) is 2.28. The summed E-state index contributed by atoms with van der Waals surface area (Å²) in [5.74, 6) is -0.374. The highest BCUT2D eigenvalue weighted by atomic mass is 16.5. The van der Waals surface area contributed by atoms with Gasteiger partial charge in [-0.25, -0.2) is 4.79 Å². The van der Waals surface area contributed by atoms with E-state index < -0.39 is 6.10 Å². The molecule has 0 spiro atoms. The van der Waals surface area contributed by atoms with Gasteiger partial charge < -0.3 is 9.84 Å². The van der Waals surface area contributed by atoms with Crippen LogP contribution in [-0.4, -0.2) is 18.2 Å². The summed E-state index contributed by atoms with van der Waals surface area (Å²) in [6.07, 6.45) is 1.11. The smallest absolute Gasteiger partial charge is 0.337 e. The molecule has 15 heavy (non-hydrogen) atoms. The zero-order valence-corrected chi connectivity index (χ0v) is 9.06. The van der Waals surface area contributed by atoms with E-state index in [4.69, 9.17) is 0 Å². The van der Waals surface area contributed by atoms with E-state index in [2.05, 4.69) is 4.74 Å². The van der Waals surface area contributed by atoms with Crippen molar-refractivity contribution in [1.29, 1.82) is 0 Å². The van der Waals surface area contributed by atoms with Crippen molar-refractivity contribution in [2.45, 2.75) is 25.9 Å². The van der Waals surface area contributed by atoms with Gasteiger partial charge >= 0.3 is 5.97 Å². The Labute approximate surface area is 89.7 Å². The third-order valence-corrected chi connectivity index (χ3v) is 2.25. The largest absolute Gasteiger partial charge is 0.465 e. The number of benzene rings is 1. The van der Waals surface area contributed by atoms with Gasteiger partial charge in [-0.05, 0) is 24.1 Å². The second-order valence-corrected chi connectivity index (χ2v) is 3.42. The van der Waals surface area contributed by atoms with Gasteiger partial charge in [-0.2, -0.15) is 0 Å². The summed E-state index contributed by atoms with van der Waals surface area (Å²) in [4.78, 5) is 11.2. The molecule has 1 N–H and O–H groups in total. The molecule has 0 heterocycles. The van der Waals surface area contributed by atoms with Crippen LogP contribution in [-0.2, 0) is 4.74 Å². The molecule has 0 aromatic heterocycles. The lowest BCUT2D eigenvalue weighted by atomic mass is 10.0. The average molecular weight is 208 g/mol. The van der Waals surface area contributed by atoms with Crippen molar-refractivity contribution in [3.63, 3.8) is 0 Å². The summed E-state index contributed by atoms with van der Waals surface area (Å²) >= 11 is 0. The molecular weight excluding hydrogens is 192 g/mol. The number of ether oxygens (including phenoxy) is 1. The van der Waals surface area contributed by atoms with Gasteiger partial charge in [0.05, 0.1) is 18.8 Å². The van der Waals surface area contributed by atoms with Crippen molar-refractivity contribution in [3.8, 4) is 0 Å². The minimum absolute atomic E-state index is 0.374. The monoisotopic (exact) mass is 208 g/mol. The third kappa shape index (κ3) is 3.06. The fraction of sp³-hybridized carbons (Fsp3) is 0.417. The van der Waals surface area contributed by atoms with Crippen LogP contribution in [0, 0.1) is 0 Å². The molecule has 3 nitrogen and oxygen atoms in total. The van der Waals surface area contributed by atoms with Crippen LogP contribution in [0.3, 0.4) is 0 Å². The number of hydrogen-bond donors (Lipinski definition) is 1. The first-order chi connectivity index (χ1) is 7.19. The number of aliphatic hydroxyl groups is 1. The third-order valence-electron chi connectivity index (χ3n) is 2.25. The molecule has 0 fully saturated rings. The van der Waals surface area contributed by atoms with Crippen LogP contribution >= 0.6 is 0 Å². The zero-order chi connectivity index (χ0) is 11.3. The standard InChI is InChI=1S/C12H16O3/c1-3-5-11(13)9-6-4-7-10(8-9)12(14)15-2/h4,6-8,11,13H,3,5H2,1-2H3. The lowest BCUT2D eigenvalue weighted by molar-refractivity contribution is 0.0600. The molecule has 0 bridgehead atoms. The Bertz CT molecular complexity index is 333. The summed E-state index contributed by atoms with van der Waals surface area (Å²) in [6.45, 7) is 2.01. The van der Waals surface area contributed by atoms with E-state index in [0.717, 1.165) is 12.0 Å². The van der Waals surface area contributed by atoms with Crippen LogP contribution < -0.4 is 0 Å². The zero-order valence-electron chi connectivity index (χ0n) is 9.06. The molecule has 0 saturated heterocycles. The summed E-state index contributed by atoms with van der Waals surface area (Å²) in [6, 6.07) is 6.91. The number of methoxy groups -OCH3 is 1. The fourth-order valence-corrected chi connectivity index (χ4v) is 1.43. The normalized spacial score (nSPS) is 12.2.